The van der Waals surface area contributed by atoms with Crippen LogP contribution in [0, 0.1) is 0 Å². The van der Waals surface area contributed by atoms with Crippen molar-refractivity contribution in [3.05, 3.63) is 56.8 Å². The van der Waals surface area contributed by atoms with Crippen LogP contribution in [0.5, 0.6) is 0 Å². The largest absolute Gasteiger partial charge is 0.380 e. The molecule has 0 aliphatic heterocycles. The van der Waals surface area contributed by atoms with Crippen molar-refractivity contribution in [2.24, 2.45) is 10.1 Å². The van der Waals surface area contributed by atoms with Crippen LogP contribution >= 0.6 is 34.5 Å². The van der Waals surface area contributed by atoms with Crippen LogP contribution in [-0.4, -0.2) is 32.1 Å². The van der Waals surface area contributed by atoms with Gasteiger partial charge in [-0.05, 0) is 43.3 Å². The Morgan fingerprint density at radius 2 is 1.90 bits per heavy atom. The van der Waals surface area contributed by atoms with Gasteiger partial charge < -0.3 is 9.30 Å². The normalized spacial score (nSPS) is 12.6. The van der Waals surface area contributed by atoms with Crippen molar-refractivity contribution in [1.29, 1.82) is 0 Å². The number of aromatic nitrogens is 1. The standard InChI is InChI=1S/C18H17Cl2N3O4S2/c1-2-27-6-5-23-15-4-3-14(29(21,25)26)10-16(15)28-18(23)22-17(24)11-7-12(19)9-13(20)8-11/h3-4,7-10H,2,5-6H2,1H3,(H2,21,25,26). The minimum absolute atomic E-state index is 0.0114. The number of halogens is 2. The van der Waals surface area contributed by atoms with E-state index in [-0.39, 0.29) is 10.5 Å². The number of sulfonamides is 1. The number of fused-ring (bicyclic) bond motifs is 1. The zero-order valence-electron chi connectivity index (χ0n) is 15.3. The summed E-state index contributed by atoms with van der Waals surface area (Å²) in [5.41, 5.74) is 0.972. The molecule has 3 rings (SSSR count). The molecule has 0 bridgehead atoms. The van der Waals surface area contributed by atoms with Gasteiger partial charge in [-0.3, -0.25) is 4.79 Å². The molecule has 0 fully saturated rings. The van der Waals surface area contributed by atoms with Gasteiger partial charge in [0.1, 0.15) is 0 Å². The molecule has 1 amide bonds. The number of amides is 1. The number of rotatable bonds is 6. The van der Waals surface area contributed by atoms with Gasteiger partial charge in [0.2, 0.25) is 10.0 Å². The van der Waals surface area contributed by atoms with E-state index in [1.807, 2.05) is 6.92 Å². The number of benzene rings is 2. The van der Waals surface area contributed by atoms with E-state index in [1.54, 1.807) is 10.6 Å². The van der Waals surface area contributed by atoms with E-state index in [4.69, 9.17) is 33.1 Å². The highest BCUT2D eigenvalue weighted by Gasteiger charge is 2.14. The van der Waals surface area contributed by atoms with Gasteiger partial charge in [-0.1, -0.05) is 34.5 Å². The average molecular weight is 474 g/mol. The third-order valence-corrected chi connectivity index (χ3v) is 6.34. The van der Waals surface area contributed by atoms with Crippen molar-refractivity contribution in [2.75, 3.05) is 13.2 Å². The van der Waals surface area contributed by atoms with Gasteiger partial charge in [-0.25, -0.2) is 13.6 Å². The molecule has 1 aromatic heterocycles. The molecule has 0 saturated carbocycles. The molecule has 0 unspecified atom stereocenters. The number of thiazole rings is 1. The molecule has 29 heavy (non-hydrogen) atoms. The van der Waals surface area contributed by atoms with E-state index < -0.39 is 15.9 Å². The van der Waals surface area contributed by atoms with E-state index >= 15 is 0 Å². The van der Waals surface area contributed by atoms with Crippen molar-refractivity contribution in [3.8, 4) is 0 Å². The molecule has 1 heterocycles. The van der Waals surface area contributed by atoms with Gasteiger partial charge in [0.25, 0.3) is 5.91 Å². The molecule has 2 aromatic carbocycles. The lowest BCUT2D eigenvalue weighted by Gasteiger charge is -2.06. The number of ether oxygens (including phenoxy) is 1. The minimum Gasteiger partial charge on any atom is -0.380 e. The van der Waals surface area contributed by atoms with Crippen LogP contribution in [0.1, 0.15) is 17.3 Å². The summed E-state index contributed by atoms with van der Waals surface area (Å²) >= 11 is 13.1. The van der Waals surface area contributed by atoms with Gasteiger partial charge in [0, 0.05) is 28.8 Å². The quantitative estimate of drug-likeness (QED) is 0.553. The Bertz CT molecular complexity index is 1230. The zero-order valence-corrected chi connectivity index (χ0v) is 18.4. The molecule has 2 N–H and O–H groups in total. The lowest BCUT2D eigenvalue weighted by atomic mass is 10.2. The highest BCUT2D eigenvalue weighted by molar-refractivity contribution is 7.89. The summed E-state index contributed by atoms with van der Waals surface area (Å²) in [6.07, 6.45) is 0. The van der Waals surface area contributed by atoms with Crippen molar-refractivity contribution in [1.82, 2.24) is 4.57 Å². The number of nitrogens with zero attached hydrogens (tertiary/aromatic N) is 2. The van der Waals surface area contributed by atoms with Crippen LogP contribution < -0.4 is 9.94 Å². The molecule has 0 saturated heterocycles. The lowest BCUT2D eigenvalue weighted by Crippen LogP contribution is -2.19. The number of nitrogens with two attached hydrogens (primary N) is 1. The summed E-state index contributed by atoms with van der Waals surface area (Å²) in [5.74, 6) is -0.516. The lowest BCUT2D eigenvalue weighted by molar-refractivity contribution is 0.0996. The molecule has 0 atom stereocenters. The first-order chi connectivity index (χ1) is 13.7. The van der Waals surface area contributed by atoms with E-state index in [9.17, 15) is 13.2 Å². The average Bonchev–Trinajstić information content (AvgIpc) is 2.97. The molecule has 11 heteroatoms. The molecular weight excluding hydrogens is 457 g/mol. The number of hydrogen-bond donors (Lipinski definition) is 1. The van der Waals surface area contributed by atoms with Crippen LogP contribution in [0.2, 0.25) is 10.0 Å². The van der Waals surface area contributed by atoms with Crippen molar-refractivity contribution < 1.29 is 17.9 Å². The number of carbonyl (C=O) groups is 1. The molecule has 7 nitrogen and oxygen atoms in total. The number of hydrogen-bond acceptors (Lipinski definition) is 5. The predicted octanol–water partition coefficient (Wildman–Crippen LogP) is 3.43. The number of carbonyl (C=O) groups excluding carboxylic acids is 1. The highest BCUT2D eigenvalue weighted by atomic mass is 35.5. The van der Waals surface area contributed by atoms with Crippen LogP contribution in [0.15, 0.2) is 46.3 Å². The maximum atomic E-state index is 12.7. The first-order valence-electron chi connectivity index (χ1n) is 8.48. The van der Waals surface area contributed by atoms with E-state index in [0.29, 0.717) is 39.3 Å². The maximum absolute atomic E-state index is 12.7. The summed E-state index contributed by atoms with van der Waals surface area (Å²) in [6, 6.07) is 9.01. The van der Waals surface area contributed by atoms with Crippen LogP contribution in [0.3, 0.4) is 0 Å². The summed E-state index contributed by atoms with van der Waals surface area (Å²) in [6.45, 7) is 3.27. The van der Waals surface area contributed by atoms with E-state index in [1.165, 1.54) is 41.7 Å². The monoisotopic (exact) mass is 473 g/mol. The number of primary sulfonamides is 1. The van der Waals surface area contributed by atoms with Crippen molar-refractivity contribution >= 4 is 60.7 Å². The summed E-state index contributed by atoms with van der Waals surface area (Å²) in [5, 5.41) is 5.88. The van der Waals surface area contributed by atoms with Crippen LogP contribution in [0.4, 0.5) is 0 Å². The highest BCUT2D eigenvalue weighted by Crippen LogP contribution is 2.22. The molecule has 0 spiro atoms. The van der Waals surface area contributed by atoms with Gasteiger partial charge in [0.05, 0.1) is 21.7 Å². The van der Waals surface area contributed by atoms with E-state index in [0.717, 1.165) is 5.52 Å². The topological polar surface area (TPSA) is 104 Å². The fraction of sp³-hybridized carbons (Fsp3) is 0.222. The van der Waals surface area contributed by atoms with Crippen molar-refractivity contribution in [3.63, 3.8) is 0 Å². The van der Waals surface area contributed by atoms with Gasteiger partial charge in [-0.15, -0.1) is 0 Å². The Balaban J connectivity index is 2.14. The molecule has 3 aromatic rings. The first-order valence-corrected chi connectivity index (χ1v) is 11.6. The SMILES string of the molecule is CCOCCn1c(=NC(=O)c2cc(Cl)cc(Cl)c2)sc2cc(S(N)(=O)=O)ccc21. The summed E-state index contributed by atoms with van der Waals surface area (Å²) in [7, 11) is -3.85. The Morgan fingerprint density at radius 1 is 1.21 bits per heavy atom. The maximum Gasteiger partial charge on any atom is 0.279 e. The molecule has 0 radical (unpaired) electrons. The molecule has 0 aliphatic rings. The second-order valence-corrected chi connectivity index (χ2v) is 9.43. The smallest absolute Gasteiger partial charge is 0.279 e. The molecule has 154 valence electrons. The summed E-state index contributed by atoms with van der Waals surface area (Å²) in [4.78, 5) is 17.3. The van der Waals surface area contributed by atoms with Crippen molar-refractivity contribution in [2.45, 2.75) is 18.4 Å². The Kier molecular flexibility index (Phi) is 6.77. The fourth-order valence-electron chi connectivity index (χ4n) is 2.66. The second-order valence-electron chi connectivity index (χ2n) is 5.98. The summed E-state index contributed by atoms with van der Waals surface area (Å²) < 4.78 is 31.2. The first kappa shape index (κ1) is 21.9. The van der Waals surface area contributed by atoms with Crippen LogP contribution in [0.25, 0.3) is 10.2 Å². The fourth-order valence-corrected chi connectivity index (χ4v) is 4.90. The zero-order chi connectivity index (χ0) is 21.2. The minimum atomic E-state index is -3.85. The third-order valence-electron chi connectivity index (χ3n) is 3.95. The molecular formula is C18H17Cl2N3O4S2. The Hall–Kier alpha value is -1.75. The van der Waals surface area contributed by atoms with Gasteiger partial charge in [-0.2, -0.15) is 4.99 Å². The van der Waals surface area contributed by atoms with Gasteiger partial charge in [0.15, 0.2) is 4.80 Å². The Labute approximate surface area is 181 Å². The Morgan fingerprint density at radius 3 is 2.52 bits per heavy atom. The van der Waals surface area contributed by atoms with Crippen LogP contribution in [-0.2, 0) is 21.3 Å². The van der Waals surface area contributed by atoms with E-state index in [2.05, 4.69) is 4.99 Å². The molecule has 0 aliphatic carbocycles. The van der Waals surface area contributed by atoms with Gasteiger partial charge >= 0.3 is 0 Å². The third kappa shape index (κ3) is 5.25. The predicted molar refractivity (Wildman–Crippen MR) is 114 cm³/mol. The second kappa shape index (κ2) is 8.95.